The van der Waals surface area contributed by atoms with Gasteiger partial charge in [0.15, 0.2) is 5.76 Å². The first kappa shape index (κ1) is 22.8. The van der Waals surface area contributed by atoms with Crippen molar-refractivity contribution in [3.05, 3.63) is 60.2 Å². The fourth-order valence-corrected chi connectivity index (χ4v) is 3.69. The number of morpholine rings is 1. The van der Waals surface area contributed by atoms with E-state index in [2.05, 4.69) is 29.7 Å². The summed E-state index contributed by atoms with van der Waals surface area (Å²) in [6.45, 7) is 5.29. The van der Waals surface area contributed by atoms with Gasteiger partial charge in [0.1, 0.15) is 17.4 Å². The minimum Gasteiger partial charge on any atom is -0.434 e. The zero-order chi connectivity index (χ0) is 24.4. The van der Waals surface area contributed by atoms with Gasteiger partial charge in [-0.3, -0.25) is 0 Å². The molecule has 3 aromatic heterocycles. The number of aryl methyl sites for hydroxylation is 1. The molecule has 0 bridgehead atoms. The van der Waals surface area contributed by atoms with Crippen molar-refractivity contribution < 1.29 is 27.1 Å². The number of ether oxygens (including phenoxy) is 2. The van der Waals surface area contributed by atoms with Crippen molar-refractivity contribution in [1.82, 2.24) is 24.7 Å². The summed E-state index contributed by atoms with van der Waals surface area (Å²) in [7, 11) is 0. The summed E-state index contributed by atoms with van der Waals surface area (Å²) in [4.78, 5) is 15.3. The van der Waals surface area contributed by atoms with Crippen molar-refractivity contribution in [2.75, 3.05) is 31.2 Å². The van der Waals surface area contributed by atoms with Crippen LogP contribution in [0.1, 0.15) is 11.4 Å². The maximum atomic E-state index is 12.4. The lowest BCUT2D eigenvalue weighted by atomic mass is 10.2. The average molecular weight is 486 g/mol. The number of alkyl halides is 3. The van der Waals surface area contributed by atoms with Gasteiger partial charge in [0.05, 0.1) is 26.0 Å². The average Bonchev–Trinajstić information content (AvgIpc) is 3.47. The Morgan fingerprint density at radius 2 is 1.83 bits per heavy atom. The third-order valence-corrected chi connectivity index (χ3v) is 5.40. The number of oxazole rings is 1. The van der Waals surface area contributed by atoms with Gasteiger partial charge in [0, 0.05) is 24.8 Å². The topological polar surface area (TPSA) is 91.3 Å². The second kappa shape index (κ2) is 9.37. The highest BCUT2D eigenvalue weighted by Gasteiger charge is 2.31. The molecule has 1 aromatic carbocycles. The van der Waals surface area contributed by atoms with Crippen LogP contribution in [0, 0.1) is 6.92 Å². The highest BCUT2D eigenvalue weighted by atomic mass is 19.4. The zero-order valence-electron chi connectivity index (χ0n) is 18.7. The van der Waals surface area contributed by atoms with Crippen LogP contribution in [0.3, 0.4) is 0 Å². The number of pyridine rings is 1. The van der Waals surface area contributed by atoms with E-state index in [0.29, 0.717) is 42.7 Å². The van der Waals surface area contributed by atoms with Gasteiger partial charge in [-0.05, 0) is 48.9 Å². The van der Waals surface area contributed by atoms with Gasteiger partial charge in [0.2, 0.25) is 5.82 Å². The van der Waals surface area contributed by atoms with E-state index < -0.39 is 6.36 Å². The largest absolute Gasteiger partial charge is 0.573 e. The number of hydrogen-bond donors (Lipinski definition) is 0. The van der Waals surface area contributed by atoms with Crippen LogP contribution >= 0.6 is 0 Å². The maximum absolute atomic E-state index is 12.4. The summed E-state index contributed by atoms with van der Waals surface area (Å²) in [5, 5.41) is 4.53. The van der Waals surface area contributed by atoms with Crippen molar-refractivity contribution in [2.24, 2.45) is 0 Å². The Kier molecular flexibility index (Phi) is 6.12. The van der Waals surface area contributed by atoms with E-state index in [1.807, 2.05) is 19.1 Å². The molecular formula is C23H21F3N6O3. The van der Waals surface area contributed by atoms with E-state index >= 15 is 0 Å². The molecule has 9 nitrogen and oxygen atoms in total. The van der Waals surface area contributed by atoms with Crippen LogP contribution in [0.25, 0.3) is 23.0 Å². The first-order valence-electron chi connectivity index (χ1n) is 10.9. The van der Waals surface area contributed by atoms with Gasteiger partial charge in [-0.2, -0.15) is 0 Å². The van der Waals surface area contributed by atoms with Crippen molar-refractivity contribution in [2.45, 2.75) is 19.8 Å². The van der Waals surface area contributed by atoms with Crippen LogP contribution in [-0.2, 0) is 11.3 Å². The Bertz CT molecular complexity index is 1300. The third-order valence-electron chi connectivity index (χ3n) is 5.40. The molecule has 0 atom stereocenters. The molecule has 0 saturated carbocycles. The summed E-state index contributed by atoms with van der Waals surface area (Å²) in [5.74, 6) is 2.15. The molecule has 0 aliphatic carbocycles. The number of anilines is 1. The van der Waals surface area contributed by atoms with Gasteiger partial charge in [-0.1, -0.05) is 0 Å². The highest BCUT2D eigenvalue weighted by Crippen LogP contribution is 2.28. The molecule has 1 aliphatic heterocycles. The molecule has 0 unspecified atom stereocenters. The number of halogens is 3. The maximum Gasteiger partial charge on any atom is 0.573 e. The molecule has 4 heterocycles. The monoisotopic (exact) mass is 486 g/mol. The summed E-state index contributed by atoms with van der Waals surface area (Å²) in [6, 6.07) is 9.29. The normalized spacial score (nSPS) is 14.3. The second-order valence-corrected chi connectivity index (χ2v) is 7.86. The molecule has 12 heteroatoms. The fraction of sp³-hybridized carbons (Fsp3) is 0.304. The molecular weight excluding hydrogens is 465 g/mol. The number of hydrogen-bond acceptors (Lipinski definition) is 8. The van der Waals surface area contributed by atoms with Crippen molar-refractivity contribution in [3.63, 3.8) is 0 Å². The molecule has 35 heavy (non-hydrogen) atoms. The van der Waals surface area contributed by atoms with E-state index in [1.54, 1.807) is 10.9 Å². The van der Waals surface area contributed by atoms with Crippen LogP contribution < -0.4 is 9.64 Å². The van der Waals surface area contributed by atoms with Crippen LogP contribution in [0.15, 0.2) is 53.2 Å². The van der Waals surface area contributed by atoms with Gasteiger partial charge in [0.25, 0.3) is 5.89 Å². The predicted octanol–water partition coefficient (Wildman–Crippen LogP) is 4.09. The smallest absolute Gasteiger partial charge is 0.434 e. The minimum atomic E-state index is -4.75. The Balaban J connectivity index is 1.30. The van der Waals surface area contributed by atoms with Crippen LogP contribution in [0.2, 0.25) is 0 Å². The first-order chi connectivity index (χ1) is 16.8. The standard InChI is InChI=1S/C23H21F3N6O3/c1-15-29-21(22-28-13-19(34-22)17-2-4-18(5-3-17)35-23(24,25)26)30-32(15)14-16-6-7-27-20(12-16)31-8-10-33-11-9-31/h2-7,12-13H,8-11,14H2,1H3. The van der Waals surface area contributed by atoms with Gasteiger partial charge >= 0.3 is 6.36 Å². The summed E-state index contributed by atoms with van der Waals surface area (Å²) < 4.78 is 53.9. The molecule has 1 fully saturated rings. The summed E-state index contributed by atoms with van der Waals surface area (Å²) in [5.41, 5.74) is 1.57. The summed E-state index contributed by atoms with van der Waals surface area (Å²) in [6.07, 6.45) is -1.50. The minimum absolute atomic E-state index is 0.209. The molecule has 0 radical (unpaired) electrons. The molecule has 182 valence electrons. The molecule has 0 amide bonds. The van der Waals surface area contributed by atoms with E-state index in [-0.39, 0.29) is 11.6 Å². The fourth-order valence-electron chi connectivity index (χ4n) is 3.69. The molecule has 1 saturated heterocycles. The van der Waals surface area contributed by atoms with Crippen molar-refractivity contribution >= 4 is 5.82 Å². The molecule has 0 spiro atoms. The van der Waals surface area contributed by atoms with Gasteiger partial charge < -0.3 is 18.8 Å². The number of benzene rings is 1. The van der Waals surface area contributed by atoms with Crippen LogP contribution in [-0.4, -0.2) is 57.4 Å². The van der Waals surface area contributed by atoms with Crippen LogP contribution in [0.5, 0.6) is 5.75 Å². The zero-order valence-corrected chi connectivity index (χ0v) is 18.7. The van der Waals surface area contributed by atoms with Gasteiger partial charge in [-0.25, -0.2) is 19.6 Å². The van der Waals surface area contributed by atoms with Crippen molar-refractivity contribution in [3.8, 4) is 28.8 Å². The first-order valence-corrected chi connectivity index (χ1v) is 10.9. The second-order valence-electron chi connectivity index (χ2n) is 7.86. The molecule has 4 aromatic rings. The number of aromatic nitrogens is 5. The lowest BCUT2D eigenvalue weighted by Crippen LogP contribution is -2.36. The quantitative estimate of drug-likeness (QED) is 0.403. The number of rotatable bonds is 6. The summed E-state index contributed by atoms with van der Waals surface area (Å²) >= 11 is 0. The van der Waals surface area contributed by atoms with E-state index in [1.165, 1.54) is 30.5 Å². The number of nitrogens with zero attached hydrogens (tertiary/aromatic N) is 6. The van der Waals surface area contributed by atoms with E-state index in [0.717, 1.165) is 24.5 Å². The highest BCUT2D eigenvalue weighted by molar-refractivity contribution is 5.59. The van der Waals surface area contributed by atoms with E-state index in [9.17, 15) is 13.2 Å². The van der Waals surface area contributed by atoms with Crippen LogP contribution in [0.4, 0.5) is 19.0 Å². The molecule has 5 rings (SSSR count). The Morgan fingerprint density at radius 1 is 1.06 bits per heavy atom. The lowest BCUT2D eigenvalue weighted by molar-refractivity contribution is -0.274. The predicted molar refractivity (Wildman–Crippen MR) is 119 cm³/mol. The Hall–Kier alpha value is -3.93. The van der Waals surface area contributed by atoms with Crippen molar-refractivity contribution in [1.29, 1.82) is 0 Å². The molecule has 1 aliphatic rings. The third kappa shape index (κ3) is 5.43. The Morgan fingerprint density at radius 3 is 2.57 bits per heavy atom. The molecule has 0 N–H and O–H groups in total. The SMILES string of the molecule is Cc1nc(-c2ncc(-c3ccc(OC(F)(F)F)cc3)o2)nn1Cc1ccnc(N2CCOCC2)c1. The van der Waals surface area contributed by atoms with Gasteiger partial charge in [-0.15, -0.1) is 18.3 Å². The Labute approximate surface area is 198 Å². The lowest BCUT2D eigenvalue weighted by Gasteiger charge is -2.28. The van der Waals surface area contributed by atoms with E-state index in [4.69, 9.17) is 9.15 Å².